The summed E-state index contributed by atoms with van der Waals surface area (Å²) < 4.78 is 5.39. The Bertz CT molecular complexity index is 563. The number of aromatic nitrogens is 2. The Morgan fingerprint density at radius 2 is 2.13 bits per heavy atom. The molecular weight excluding hydrogens is 300 g/mol. The minimum absolute atomic E-state index is 0.0734. The molecule has 2 fully saturated rings. The van der Waals surface area contributed by atoms with Crippen molar-refractivity contribution in [1.29, 1.82) is 0 Å². The second kappa shape index (κ2) is 7.05. The van der Waals surface area contributed by atoms with E-state index in [4.69, 9.17) is 10.5 Å². The Kier molecular flexibility index (Phi) is 4.87. The van der Waals surface area contributed by atoms with Crippen LogP contribution in [0.25, 0.3) is 0 Å². The van der Waals surface area contributed by atoms with Gasteiger partial charge in [-0.05, 0) is 19.3 Å². The van der Waals surface area contributed by atoms with Gasteiger partial charge in [-0.1, -0.05) is 0 Å². The van der Waals surface area contributed by atoms with Crippen molar-refractivity contribution in [2.75, 3.05) is 50.0 Å². The van der Waals surface area contributed by atoms with Gasteiger partial charge in [0.2, 0.25) is 11.8 Å². The summed E-state index contributed by atoms with van der Waals surface area (Å²) in [4.78, 5) is 23.2. The average Bonchev–Trinajstić information content (AvgIpc) is 2.56. The maximum atomic E-state index is 10.8. The van der Waals surface area contributed by atoms with Crippen LogP contribution in [0.15, 0.2) is 6.20 Å². The minimum Gasteiger partial charge on any atom is -0.379 e. The first-order valence-corrected chi connectivity index (χ1v) is 7.99. The van der Waals surface area contributed by atoms with Gasteiger partial charge in [0.1, 0.15) is 6.20 Å². The first kappa shape index (κ1) is 15.9. The van der Waals surface area contributed by atoms with E-state index in [1.54, 1.807) is 0 Å². The third kappa shape index (κ3) is 3.67. The van der Waals surface area contributed by atoms with E-state index in [9.17, 15) is 10.1 Å². The molecule has 1 aromatic rings. The Morgan fingerprint density at radius 1 is 1.35 bits per heavy atom. The highest BCUT2D eigenvalue weighted by Crippen LogP contribution is 2.26. The standard InChI is InChI=1S/C14H22N6O3/c15-13-12(20(21)22)9-16-14(17-13)19-4-2-1-3-11(19)10-18-5-7-23-8-6-18/h9,11H,1-8,10H2,(H2,15,16,17). The highest BCUT2D eigenvalue weighted by Gasteiger charge is 2.28. The molecule has 0 saturated carbocycles. The Hall–Kier alpha value is -2.00. The van der Waals surface area contributed by atoms with Gasteiger partial charge in [0.25, 0.3) is 0 Å². The average molecular weight is 322 g/mol. The molecular formula is C14H22N6O3. The number of nitrogens with zero attached hydrogens (tertiary/aromatic N) is 5. The van der Waals surface area contributed by atoms with Gasteiger partial charge in [0, 0.05) is 32.2 Å². The summed E-state index contributed by atoms with van der Waals surface area (Å²) >= 11 is 0. The molecule has 0 spiro atoms. The summed E-state index contributed by atoms with van der Waals surface area (Å²) in [5.41, 5.74) is 5.47. The minimum atomic E-state index is -0.555. The summed E-state index contributed by atoms with van der Waals surface area (Å²) in [6.07, 6.45) is 4.52. The number of morpholine rings is 1. The fraction of sp³-hybridized carbons (Fsp3) is 0.714. The van der Waals surface area contributed by atoms with Gasteiger partial charge < -0.3 is 15.4 Å². The van der Waals surface area contributed by atoms with Crippen LogP contribution in [-0.4, -0.2) is 65.2 Å². The molecule has 2 saturated heterocycles. The fourth-order valence-corrected chi connectivity index (χ4v) is 3.19. The number of rotatable bonds is 4. The summed E-state index contributed by atoms with van der Waals surface area (Å²) in [7, 11) is 0. The van der Waals surface area contributed by atoms with Gasteiger partial charge in [0.15, 0.2) is 0 Å². The first-order valence-electron chi connectivity index (χ1n) is 7.99. The van der Waals surface area contributed by atoms with E-state index in [0.717, 1.165) is 52.2 Å². The fourth-order valence-electron chi connectivity index (χ4n) is 3.19. The predicted molar refractivity (Wildman–Crippen MR) is 85.3 cm³/mol. The Morgan fingerprint density at radius 3 is 2.83 bits per heavy atom. The molecule has 0 radical (unpaired) electrons. The second-order valence-corrected chi connectivity index (χ2v) is 5.95. The van der Waals surface area contributed by atoms with Crippen LogP contribution < -0.4 is 10.6 Å². The van der Waals surface area contributed by atoms with Crippen LogP contribution in [0, 0.1) is 10.1 Å². The summed E-state index contributed by atoms with van der Waals surface area (Å²) in [6, 6.07) is 0.308. The van der Waals surface area contributed by atoms with Crippen molar-refractivity contribution in [3.05, 3.63) is 16.3 Å². The number of nitrogens with two attached hydrogens (primary N) is 1. The highest BCUT2D eigenvalue weighted by atomic mass is 16.6. The third-order valence-electron chi connectivity index (χ3n) is 4.44. The normalized spacial score (nSPS) is 23.0. The molecule has 2 aliphatic rings. The summed E-state index contributed by atoms with van der Waals surface area (Å²) in [6.45, 7) is 5.21. The van der Waals surface area contributed by atoms with Crippen LogP contribution in [0.5, 0.6) is 0 Å². The molecule has 3 rings (SSSR count). The van der Waals surface area contributed by atoms with Gasteiger partial charge in [-0.3, -0.25) is 15.0 Å². The van der Waals surface area contributed by atoms with Crippen molar-refractivity contribution in [2.24, 2.45) is 0 Å². The van der Waals surface area contributed by atoms with Gasteiger partial charge in [-0.2, -0.15) is 4.98 Å². The van der Waals surface area contributed by atoms with Gasteiger partial charge in [-0.15, -0.1) is 0 Å². The molecule has 9 nitrogen and oxygen atoms in total. The van der Waals surface area contributed by atoms with Gasteiger partial charge in [-0.25, -0.2) is 4.98 Å². The molecule has 1 unspecified atom stereocenters. The molecule has 3 heterocycles. The number of ether oxygens (including phenoxy) is 1. The monoisotopic (exact) mass is 322 g/mol. The lowest BCUT2D eigenvalue weighted by Crippen LogP contribution is -2.50. The first-order chi connectivity index (χ1) is 11.1. The van der Waals surface area contributed by atoms with E-state index in [2.05, 4.69) is 19.8 Å². The number of hydrogen-bond donors (Lipinski definition) is 1. The molecule has 126 valence electrons. The van der Waals surface area contributed by atoms with Gasteiger partial charge >= 0.3 is 5.69 Å². The maximum absolute atomic E-state index is 10.8. The molecule has 2 N–H and O–H groups in total. The van der Waals surface area contributed by atoms with Crippen LogP contribution in [0.1, 0.15) is 19.3 Å². The Labute approximate surface area is 134 Å². The van der Waals surface area contributed by atoms with Crippen LogP contribution in [0.2, 0.25) is 0 Å². The summed E-state index contributed by atoms with van der Waals surface area (Å²) in [5, 5.41) is 10.8. The number of nitro groups is 1. The van der Waals surface area contributed by atoms with E-state index >= 15 is 0 Å². The zero-order valence-corrected chi connectivity index (χ0v) is 13.1. The number of nitrogen functional groups attached to an aromatic ring is 1. The lowest BCUT2D eigenvalue weighted by Gasteiger charge is -2.39. The van der Waals surface area contributed by atoms with Crippen molar-refractivity contribution in [1.82, 2.24) is 14.9 Å². The maximum Gasteiger partial charge on any atom is 0.329 e. The molecule has 0 aromatic carbocycles. The predicted octanol–water partition coefficient (Wildman–Crippen LogP) is 0.658. The smallest absolute Gasteiger partial charge is 0.329 e. The Balaban J connectivity index is 1.75. The van der Waals surface area contributed by atoms with Crippen LogP contribution in [-0.2, 0) is 4.74 Å². The molecule has 0 bridgehead atoms. The molecule has 23 heavy (non-hydrogen) atoms. The van der Waals surface area contributed by atoms with E-state index in [0.29, 0.717) is 12.0 Å². The molecule has 0 aliphatic carbocycles. The van der Waals surface area contributed by atoms with E-state index in [-0.39, 0.29) is 11.5 Å². The number of hydrogen-bond acceptors (Lipinski definition) is 8. The lowest BCUT2D eigenvalue weighted by molar-refractivity contribution is -0.384. The zero-order valence-electron chi connectivity index (χ0n) is 13.1. The lowest BCUT2D eigenvalue weighted by atomic mass is 10.0. The van der Waals surface area contributed by atoms with Crippen LogP contribution in [0.4, 0.5) is 17.5 Å². The van der Waals surface area contributed by atoms with Crippen molar-refractivity contribution in [2.45, 2.75) is 25.3 Å². The number of piperidine rings is 1. The largest absolute Gasteiger partial charge is 0.379 e. The molecule has 1 aromatic heterocycles. The molecule has 9 heteroatoms. The van der Waals surface area contributed by atoms with E-state index < -0.39 is 4.92 Å². The molecule has 1 atom stereocenters. The molecule has 0 amide bonds. The van der Waals surface area contributed by atoms with E-state index in [1.165, 1.54) is 12.6 Å². The highest BCUT2D eigenvalue weighted by molar-refractivity contribution is 5.54. The second-order valence-electron chi connectivity index (χ2n) is 5.95. The van der Waals surface area contributed by atoms with Crippen molar-refractivity contribution in [3.63, 3.8) is 0 Å². The SMILES string of the molecule is Nc1nc(N2CCCCC2CN2CCOCC2)ncc1[N+](=O)[O-]. The summed E-state index contributed by atoms with van der Waals surface area (Å²) in [5.74, 6) is 0.418. The van der Waals surface area contributed by atoms with Crippen LogP contribution in [0.3, 0.4) is 0 Å². The quantitative estimate of drug-likeness (QED) is 0.635. The van der Waals surface area contributed by atoms with Gasteiger partial charge in [0.05, 0.1) is 18.1 Å². The van der Waals surface area contributed by atoms with Crippen molar-refractivity contribution < 1.29 is 9.66 Å². The van der Waals surface area contributed by atoms with Crippen LogP contribution >= 0.6 is 0 Å². The third-order valence-corrected chi connectivity index (χ3v) is 4.44. The number of anilines is 2. The zero-order chi connectivity index (χ0) is 16.2. The van der Waals surface area contributed by atoms with Crippen molar-refractivity contribution in [3.8, 4) is 0 Å². The molecule has 2 aliphatic heterocycles. The van der Waals surface area contributed by atoms with E-state index in [1.807, 2.05) is 0 Å². The topological polar surface area (TPSA) is 111 Å². The van der Waals surface area contributed by atoms with Crippen molar-refractivity contribution >= 4 is 17.5 Å².